The minimum absolute atomic E-state index is 0.0174. The number of amides is 1. The molecule has 3 rings (SSSR count). The number of esters is 1. The van der Waals surface area contributed by atoms with Gasteiger partial charge in [0.1, 0.15) is 0 Å². The van der Waals surface area contributed by atoms with Crippen molar-refractivity contribution in [1.82, 2.24) is 15.1 Å². The number of hydrogen-bond donors (Lipinski definition) is 1. The molecule has 0 saturated carbocycles. The molecular formula is C20H18ClN3O4. The first-order chi connectivity index (χ1) is 13.4. The summed E-state index contributed by atoms with van der Waals surface area (Å²) in [4.78, 5) is 36.7. The molecular weight excluding hydrogens is 382 g/mol. The van der Waals surface area contributed by atoms with E-state index in [1.807, 2.05) is 6.92 Å². The number of halogens is 1. The molecule has 1 amide bonds. The Balaban J connectivity index is 1.68. The lowest BCUT2D eigenvalue weighted by Gasteiger charge is -2.14. The van der Waals surface area contributed by atoms with Crippen molar-refractivity contribution < 1.29 is 14.3 Å². The summed E-state index contributed by atoms with van der Waals surface area (Å²) in [5.74, 6) is -1.23. The molecule has 0 spiro atoms. The van der Waals surface area contributed by atoms with E-state index in [0.29, 0.717) is 15.8 Å². The van der Waals surface area contributed by atoms with Crippen LogP contribution in [0.2, 0.25) is 5.02 Å². The zero-order valence-corrected chi connectivity index (χ0v) is 16.1. The van der Waals surface area contributed by atoms with Crippen LogP contribution in [0, 0.1) is 0 Å². The van der Waals surface area contributed by atoms with Crippen LogP contribution in [-0.2, 0) is 16.6 Å². The first-order valence-electron chi connectivity index (χ1n) is 8.55. The number of benzene rings is 2. The molecule has 3 aromatic rings. The van der Waals surface area contributed by atoms with E-state index in [1.165, 1.54) is 7.05 Å². The zero-order chi connectivity index (χ0) is 20.3. The van der Waals surface area contributed by atoms with Gasteiger partial charge in [0.15, 0.2) is 12.3 Å². The first kappa shape index (κ1) is 19.6. The second kappa shape index (κ2) is 8.22. The second-order valence-corrected chi connectivity index (χ2v) is 6.68. The molecule has 144 valence electrons. The fourth-order valence-electron chi connectivity index (χ4n) is 2.77. The third-order valence-electron chi connectivity index (χ3n) is 4.23. The fourth-order valence-corrected chi connectivity index (χ4v) is 2.89. The van der Waals surface area contributed by atoms with Crippen molar-refractivity contribution in [3.63, 3.8) is 0 Å². The van der Waals surface area contributed by atoms with E-state index in [9.17, 15) is 14.4 Å². The van der Waals surface area contributed by atoms with Gasteiger partial charge in [0.25, 0.3) is 11.5 Å². The number of rotatable bonds is 5. The summed E-state index contributed by atoms with van der Waals surface area (Å²) < 4.78 is 6.17. The lowest BCUT2D eigenvalue weighted by atomic mass is 10.1. The molecule has 1 aromatic heterocycles. The van der Waals surface area contributed by atoms with Crippen molar-refractivity contribution >= 4 is 34.2 Å². The van der Waals surface area contributed by atoms with Gasteiger partial charge in [-0.15, -0.1) is 0 Å². The summed E-state index contributed by atoms with van der Waals surface area (Å²) in [5, 5.41) is 8.07. The number of carbonyl (C=O) groups excluding carboxylic acids is 2. The number of aromatic nitrogens is 2. The van der Waals surface area contributed by atoms with Crippen molar-refractivity contribution in [1.29, 1.82) is 0 Å². The van der Waals surface area contributed by atoms with Gasteiger partial charge in [0, 0.05) is 17.5 Å². The maximum absolute atomic E-state index is 12.4. The highest BCUT2D eigenvalue weighted by Gasteiger charge is 2.18. The second-order valence-electron chi connectivity index (χ2n) is 6.24. The van der Waals surface area contributed by atoms with Crippen LogP contribution in [0.4, 0.5) is 0 Å². The number of ether oxygens (including phenoxy) is 1. The van der Waals surface area contributed by atoms with Crippen molar-refractivity contribution in [2.45, 2.75) is 13.0 Å². The van der Waals surface area contributed by atoms with Crippen molar-refractivity contribution in [2.24, 2.45) is 7.05 Å². The number of nitrogens with zero attached hydrogens (tertiary/aromatic N) is 2. The van der Waals surface area contributed by atoms with E-state index in [1.54, 1.807) is 48.5 Å². The van der Waals surface area contributed by atoms with Crippen LogP contribution in [0.25, 0.3) is 10.8 Å². The maximum atomic E-state index is 12.4. The molecule has 8 heteroatoms. The molecule has 2 aromatic carbocycles. The van der Waals surface area contributed by atoms with E-state index >= 15 is 0 Å². The van der Waals surface area contributed by atoms with E-state index in [0.717, 1.165) is 10.2 Å². The Morgan fingerprint density at radius 3 is 2.46 bits per heavy atom. The van der Waals surface area contributed by atoms with Crippen molar-refractivity contribution in [2.75, 3.05) is 6.61 Å². The van der Waals surface area contributed by atoms with Gasteiger partial charge < -0.3 is 10.1 Å². The number of hydrogen-bond acceptors (Lipinski definition) is 5. The van der Waals surface area contributed by atoms with E-state index in [-0.39, 0.29) is 17.3 Å². The Hall–Kier alpha value is -3.19. The van der Waals surface area contributed by atoms with Crippen LogP contribution in [0.3, 0.4) is 0 Å². The Bertz CT molecular complexity index is 1090. The number of fused-ring (bicyclic) bond motifs is 1. The fraction of sp³-hybridized carbons (Fsp3) is 0.200. The molecule has 0 fully saturated rings. The number of carbonyl (C=O) groups is 2. The largest absolute Gasteiger partial charge is 0.451 e. The van der Waals surface area contributed by atoms with E-state index < -0.39 is 18.5 Å². The van der Waals surface area contributed by atoms with Gasteiger partial charge in [0.2, 0.25) is 0 Å². The van der Waals surface area contributed by atoms with Crippen LogP contribution in [0.15, 0.2) is 53.3 Å². The number of aryl methyl sites for hydroxylation is 1. The van der Waals surface area contributed by atoms with Crippen LogP contribution in [0.5, 0.6) is 0 Å². The molecule has 1 heterocycles. The van der Waals surface area contributed by atoms with Crippen LogP contribution < -0.4 is 10.9 Å². The Kier molecular flexibility index (Phi) is 5.75. The maximum Gasteiger partial charge on any atom is 0.359 e. The quantitative estimate of drug-likeness (QED) is 0.666. The molecule has 7 nitrogen and oxygen atoms in total. The van der Waals surface area contributed by atoms with Crippen molar-refractivity contribution in [3.8, 4) is 0 Å². The van der Waals surface area contributed by atoms with Gasteiger partial charge >= 0.3 is 5.97 Å². The zero-order valence-electron chi connectivity index (χ0n) is 15.3. The summed E-state index contributed by atoms with van der Waals surface area (Å²) in [6.07, 6.45) is 0. The third kappa shape index (κ3) is 4.20. The highest BCUT2D eigenvalue weighted by Crippen LogP contribution is 2.16. The Morgan fingerprint density at radius 1 is 1.14 bits per heavy atom. The number of nitrogens with one attached hydrogen (secondary N) is 1. The van der Waals surface area contributed by atoms with Gasteiger partial charge in [-0.25, -0.2) is 9.48 Å². The van der Waals surface area contributed by atoms with Crippen LogP contribution >= 0.6 is 11.6 Å². The summed E-state index contributed by atoms with van der Waals surface area (Å²) in [5.41, 5.74) is 0.535. The van der Waals surface area contributed by atoms with Gasteiger partial charge in [-0.2, -0.15) is 5.10 Å². The van der Waals surface area contributed by atoms with Gasteiger partial charge in [-0.05, 0) is 30.7 Å². The molecule has 0 bridgehead atoms. The summed E-state index contributed by atoms with van der Waals surface area (Å²) in [7, 11) is 1.45. The van der Waals surface area contributed by atoms with Gasteiger partial charge in [-0.3, -0.25) is 9.59 Å². The minimum atomic E-state index is -0.777. The summed E-state index contributed by atoms with van der Waals surface area (Å²) in [6.45, 7) is 1.35. The molecule has 0 aliphatic rings. The predicted molar refractivity (Wildman–Crippen MR) is 105 cm³/mol. The monoisotopic (exact) mass is 399 g/mol. The average Bonchev–Trinajstić information content (AvgIpc) is 2.69. The molecule has 28 heavy (non-hydrogen) atoms. The Morgan fingerprint density at radius 2 is 1.79 bits per heavy atom. The summed E-state index contributed by atoms with van der Waals surface area (Å²) in [6, 6.07) is 13.4. The van der Waals surface area contributed by atoms with E-state index in [4.69, 9.17) is 16.3 Å². The Labute approximate surface area is 165 Å². The highest BCUT2D eigenvalue weighted by molar-refractivity contribution is 6.30. The molecule has 0 unspecified atom stereocenters. The molecule has 0 aliphatic carbocycles. The van der Waals surface area contributed by atoms with Crippen molar-refractivity contribution in [3.05, 3.63) is 75.2 Å². The lowest BCUT2D eigenvalue weighted by molar-refractivity contribution is -0.124. The summed E-state index contributed by atoms with van der Waals surface area (Å²) >= 11 is 5.86. The highest BCUT2D eigenvalue weighted by atomic mass is 35.5. The smallest absolute Gasteiger partial charge is 0.359 e. The van der Waals surface area contributed by atoms with Crippen LogP contribution in [0.1, 0.15) is 29.0 Å². The molecule has 1 N–H and O–H groups in total. The molecule has 0 saturated heterocycles. The minimum Gasteiger partial charge on any atom is -0.451 e. The molecule has 1 atom stereocenters. The molecule has 0 aliphatic heterocycles. The topological polar surface area (TPSA) is 90.3 Å². The van der Waals surface area contributed by atoms with Crippen LogP contribution in [-0.4, -0.2) is 28.3 Å². The third-order valence-corrected chi connectivity index (χ3v) is 4.48. The normalized spacial score (nSPS) is 11.8. The lowest BCUT2D eigenvalue weighted by Crippen LogP contribution is -2.31. The molecule has 0 radical (unpaired) electrons. The van der Waals surface area contributed by atoms with Gasteiger partial charge in [0.05, 0.1) is 11.4 Å². The van der Waals surface area contributed by atoms with Gasteiger partial charge in [-0.1, -0.05) is 41.9 Å². The standard InChI is InChI=1S/C20H18ClN3O4/c1-12(13-7-9-14(21)10-8-13)22-17(25)11-28-20(27)18-15-5-3-4-6-16(15)19(26)24(2)23-18/h3-10,12H,11H2,1-2H3,(H,22,25)/t12-/m1/s1. The van der Waals surface area contributed by atoms with E-state index in [2.05, 4.69) is 10.4 Å². The SMILES string of the molecule is C[C@@H](NC(=O)COC(=O)c1nn(C)c(=O)c2ccccc12)c1ccc(Cl)cc1. The average molecular weight is 400 g/mol. The first-order valence-corrected chi connectivity index (χ1v) is 8.92. The predicted octanol–water partition coefficient (Wildman–Crippen LogP) is 2.62.